The number of methoxy groups -OCH3 is 1. The summed E-state index contributed by atoms with van der Waals surface area (Å²) >= 11 is 3.40. The second kappa shape index (κ2) is 5.61. The summed E-state index contributed by atoms with van der Waals surface area (Å²) in [6.45, 7) is 0. The summed E-state index contributed by atoms with van der Waals surface area (Å²) in [4.78, 5) is 20.8. The van der Waals surface area contributed by atoms with Gasteiger partial charge in [0.15, 0.2) is 0 Å². The van der Waals surface area contributed by atoms with Crippen LogP contribution in [0.25, 0.3) is 22.3 Å². The topological polar surface area (TPSA) is 52.1 Å². The number of hydrogen-bond donors (Lipinski definition) is 0. The van der Waals surface area contributed by atoms with Crippen LogP contribution in [-0.2, 0) is 4.74 Å². The van der Waals surface area contributed by atoms with Crippen LogP contribution in [0.15, 0.2) is 53.1 Å². The fourth-order valence-corrected chi connectivity index (χ4v) is 2.33. The third-order valence-corrected chi connectivity index (χ3v) is 3.65. The van der Waals surface area contributed by atoms with E-state index >= 15 is 0 Å². The average molecular weight is 343 g/mol. The quantitative estimate of drug-likeness (QED) is 0.664. The molecule has 5 heteroatoms. The SMILES string of the molecule is COC(=O)c1cccc2ncc(-c3ccc(Br)cc3)nc12. The van der Waals surface area contributed by atoms with Crippen molar-refractivity contribution >= 4 is 32.9 Å². The van der Waals surface area contributed by atoms with E-state index < -0.39 is 5.97 Å². The number of para-hydroxylation sites is 1. The Morgan fingerprint density at radius 3 is 2.62 bits per heavy atom. The zero-order valence-corrected chi connectivity index (χ0v) is 12.8. The van der Waals surface area contributed by atoms with Crippen molar-refractivity contribution in [3.8, 4) is 11.3 Å². The predicted molar refractivity (Wildman–Crippen MR) is 84.0 cm³/mol. The Morgan fingerprint density at radius 2 is 1.90 bits per heavy atom. The number of hydrogen-bond acceptors (Lipinski definition) is 4. The molecule has 1 aromatic heterocycles. The Hall–Kier alpha value is -2.27. The van der Waals surface area contributed by atoms with Crippen molar-refractivity contribution < 1.29 is 9.53 Å². The van der Waals surface area contributed by atoms with Gasteiger partial charge in [-0.15, -0.1) is 0 Å². The lowest BCUT2D eigenvalue weighted by Gasteiger charge is -2.06. The summed E-state index contributed by atoms with van der Waals surface area (Å²) < 4.78 is 5.79. The Labute approximate surface area is 129 Å². The van der Waals surface area contributed by atoms with Gasteiger partial charge in [-0.25, -0.2) is 9.78 Å². The minimum Gasteiger partial charge on any atom is -0.465 e. The summed E-state index contributed by atoms with van der Waals surface area (Å²) in [7, 11) is 1.35. The molecule has 2 aromatic carbocycles. The van der Waals surface area contributed by atoms with E-state index in [1.54, 1.807) is 18.3 Å². The fourth-order valence-electron chi connectivity index (χ4n) is 2.07. The van der Waals surface area contributed by atoms with E-state index in [0.717, 1.165) is 10.0 Å². The van der Waals surface area contributed by atoms with Crippen molar-refractivity contribution in [2.45, 2.75) is 0 Å². The van der Waals surface area contributed by atoms with Gasteiger partial charge in [-0.1, -0.05) is 34.1 Å². The van der Waals surface area contributed by atoms with E-state index in [4.69, 9.17) is 4.74 Å². The number of carbonyl (C=O) groups is 1. The monoisotopic (exact) mass is 342 g/mol. The first kappa shape index (κ1) is 13.7. The number of benzene rings is 2. The van der Waals surface area contributed by atoms with Crippen molar-refractivity contribution in [2.75, 3.05) is 7.11 Å². The van der Waals surface area contributed by atoms with E-state index in [2.05, 4.69) is 25.9 Å². The summed E-state index contributed by atoms with van der Waals surface area (Å²) in [5, 5.41) is 0. The number of rotatable bonds is 2. The molecule has 3 rings (SSSR count). The zero-order chi connectivity index (χ0) is 14.8. The van der Waals surface area contributed by atoms with Crippen molar-refractivity contribution in [1.29, 1.82) is 0 Å². The van der Waals surface area contributed by atoms with Gasteiger partial charge in [0.25, 0.3) is 0 Å². The molecule has 0 aliphatic rings. The Morgan fingerprint density at radius 1 is 1.14 bits per heavy atom. The van der Waals surface area contributed by atoms with Gasteiger partial charge in [0.05, 0.1) is 30.1 Å². The molecule has 0 radical (unpaired) electrons. The molecule has 0 spiro atoms. The smallest absolute Gasteiger partial charge is 0.340 e. The van der Waals surface area contributed by atoms with Crippen LogP contribution in [0.2, 0.25) is 0 Å². The molecular formula is C16H11BrN2O2. The van der Waals surface area contributed by atoms with Gasteiger partial charge >= 0.3 is 5.97 Å². The normalized spacial score (nSPS) is 10.6. The molecule has 0 unspecified atom stereocenters. The predicted octanol–water partition coefficient (Wildman–Crippen LogP) is 3.85. The number of nitrogens with zero attached hydrogens (tertiary/aromatic N) is 2. The first-order valence-corrected chi connectivity index (χ1v) is 7.08. The molecule has 0 aliphatic carbocycles. The van der Waals surface area contributed by atoms with Crippen LogP contribution >= 0.6 is 15.9 Å². The highest BCUT2D eigenvalue weighted by atomic mass is 79.9. The minimum atomic E-state index is -0.414. The van der Waals surface area contributed by atoms with E-state index in [1.165, 1.54) is 7.11 Å². The third kappa shape index (κ3) is 2.64. The molecule has 104 valence electrons. The van der Waals surface area contributed by atoms with Gasteiger partial charge in [-0.05, 0) is 24.3 Å². The number of fused-ring (bicyclic) bond motifs is 1. The van der Waals surface area contributed by atoms with Crippen LogP contribution in [-0.4, -0.2) is 23.0 Å². The van der Waals surface area contributed by atoms with Crippen molar-refractivity contribution in [3.05, 3.63) is 58.7 Å². The minimum absolute atomic E-state index is 0.414. The van der Waals surface area contributed by atoms with Gasteiger partial charge in [0.1, 0.15) is 5.52 Å². The van der Waals surface area contributed by atoms with Crippen LogP contribution in [0.4, 0.5) is 0 Å². The Balaban J connectivity index is 2.18. The average Bonchev–Trinajstić information content (AvgIpc) is 2.54. The molecule has 4 nitrogen and oxygen atoms in total. The van der Waals surface area contributed by atoms with Crippen molar-refractivity contribution in [2.24, 2.45) is 0 Å². The molecule has 0 amide bonds. The number of aromatic nitrogens is 2. The summed E-state index contributed by atoms with van der Waals surface area (Å²) in [6, 6.07) is 13.0. The second-order valence-electron chi connectivity index (χ2n) is 4.43. The maximum atomic E-state index is 11.8. The van der Waals surface area contributed by atoms with E-state index in [9.17, 15) is 4.79 Å². The lowest BCUT2D eigenvalue weighted by molar-refractivity contribution is 0.0603. The fraction of sp³-hybridized carbons (Fsp3) is 0.0625. The highest BCUT2D eigenvalue weighted by Crippen LogP contribution is 2.23. The van der Waals surface area contributed by atoms with Gasteiger partial charge in [0.2, 0.25) is 0 Å². The number of halogens is 1. The third-order valence-electron chi connectivity index (χ3n) is 3.12. The largest absolute Gasteiger partial charge is 0.465 e. The Bertz CT molecular complexity index is 816. The van der Waals surface area contributed by atoms with Crippen LogP contribution in [0, 0.1) is 0 Å². The second-order valence-corrected chi connectivity index (χ2v) is 5.34. The molecule has 0 aliphatic heterocycles. The highest BCUT2D eigenvalue weighted by molar-refractivity contribution is 9.10. The molecule has 0 N–H and O–H groups in total. The summed E-state index contributed by atoms with van der Waals surface area (Å²) in [6.07, 6.45) is 1.70. The van der Waals surface area contributed by atoms with Crippen LogP contribution in [0.3, 0.4) is 0 Å². The summed E-state index contributed by atoms with van der Waals surface area (Å²) in [5.74, 6) is -0.414. The standard InChI is InChI=1S/C16H11BrN2O2/c1-21-16(20)12-3-2-4-13-15(12)19-14(9-18-13)10-5-7-11(17)8-6-10/h2-9H,1H3. The first-order valence-electron chi connectivity index (χ1n) is 6.29. The number of esters is 1. The van der Waals surface area contributed by atoms with E-state index in [-0.39, 0.29) is 0 Å². The highest BCUT2D eigenvalue weighted by Gasteiger charge is 2.13. The van der Waals surface area contributed by atoms with Gasteiger partial charge in [-0.2, -0.15) is 0 Å². The maximum absolute atomic E-state index is 11.8. The van der Waals surface area contributed by atoms with E-state index in [0.29, 0.717) is 22.3 Å². The van der Waals surface area contributed by atoms with Gasteiger partial charge in [-0.3, -0.25) is 4.98 Å². The lowest BCUT2D eigenvalue weighted by Crippen LogP contribution is -2.03. The molecule has 0 saturated carbocycles. The van der Waals surface area contributed by atoms with Crippen molar-refractivity contribution in [1.82, 2.24) is 9.97 Å². The summed E-state index contributed by atoms with van der Waals surface area (Å²) in [5.41, 5.74) is 3.28. The van der Waals surface area contributed by atoms with Crippen LogP contribution in [0.1, 0.15) is 10.4 Å². The Kier molecular flexibility index (Phi) is 3.66. The molecule has 0 bridgehead atoms. The van der Waals surface area contributed by atoms with Gasteiger partial charge in [0, 0.05) is 10.0 Å². The van der Waals surface area contributed by atoms with Crippen molar-refractivity contribution in [3.63, 3.8) is 0 Å². The number of ether oxygens (including phenoxy) is 1. The molecule has 3 aromatic rings. The maximum Gasteiger partial charge on any atom is 0.340 e. The number of carbonyl (C=O) groups excluding carboxylic acids is 1. The van der Waals surface area contributed by atoms with Crippen LogP contribution < -0.4 is 0 Å². The lowest BCUT2D eigenvalue weighted by atomic mass is 10.1. The zero-order valence-electron chi connectivity index (χ0n) is 11.2. The molecule has 1 heterocycles. The van der Waals surface area contributed by atoms with Crippen LogP contribution in [0.5, 0.6) is 0 Å². The first-order chi connectivity index (χ1) is 10.2. The molecule has 0 saturated heterocycles. The molecule has 0 fully saturated rings. The molecule has 21 heavy (non-hydrogen) atoms. The molecular weight excluding hydrogens is 332 g/mol. The van der Waals surface area contributed by atoms with E-state index in [1.807, 2.05) is 30.3 Å². The van der Waals surface area contributed by atoms with Gasteiger partial charge < -0.3 is 4.74 Å². The molecule has 0 atom stereocenters.